The lowest BCUT2D eigenvalue weighted by Crippen LogP contribution is -2.32. The van der Waals surface area contributed by atoms with Crippen LogP contribution in [0, 0.1) is 17.8 Å². The molecule has 2 saturated heterocycles. The van der Waals surface area contributed by atoms with E-state index in [4.69, 9.17) is 0 Å². The van der Waals surface area contributed by atoms with Crippen LogP contribution in [0.5, 0.6) is 0 Å². The van der Waals surface area contributed by atoms with Gasteiger partial charge in [0, 0.05) is 31.1 Å². The maximum absolute atomic E-state index is 12.9. The van der Waals surface area contributed by atoms with E-state index in [0.717, 1.165) is 74.8 Å². The van der Waals surface area contributed by atoms with Gasteiger partial charge in [0.15, 0.2) is 0 Å². The molecule has 1 aliphatic carbocycles. The molecule has 3 aliphatic rings. The van der Waals surface area contributed by atoms with Gasteiger partial charge in [-0.3, -0.25) is 9.59 Å². The second-order valence-electron chi connectivity index (χ2n) is 8.44. The first-order valence-corrected chi connectivity index (χ1v) is 10.6. The number of amides is 2. The van der Waals surface area contributed by atoms with Crippen LogP contribution in [0.4, 0.5) is 0 Å². The molecule has 0 spiro atoms. The molecule has 5 nitrogen and oxygen atoms in total. The average molecular weight is 406 g/mol. The lowest BCUT2D eigenvalue weighted by molar-refractivity contribution is -0.124. The van der Waals surface area contributed by atoms with Crippen LogP contribution < -0.4 is 10.6 Å². The van der Waals surface area contributed by atoms with Gasteiger partial charge in [0.25, 0.3) is 5.91 Å². The maximum atomic E-state index is 12.9. The Morgan fingerprint density at radius 3 is 2.18 bits per heavy atom. The molecule has 4 rings (SSSR count). The third-order valence-electron chi connectivity index (χ3n) is 6.70. The molecule has 0 radical (unpaired) electrons. The average Bonchev–Trinajstić information content (AvgIpc) is 3.35. The summed E-state index contributed by atoms with van der Waals surface area (Å²) in [7, 11) is 0. The van der Waals surface area contributed by atoms with Gasteiger partial charge in [0.05, 0.1) is 0 Å². The Kier molecular flexibility index (Phi) is 7.36. The highest BCUT2D eigenvalue weighted by Gasteiger charge is 2.31. The fourth-order valence-electron chi connectivity index (χ4n) is 4.89. The molecule has 154 valence electrons. The number of benzene rings is 1. The van der Waals surface area contributed by atoms with Crippen LogP contribution in [0.2, 0.25) is 0 Å². The number of carbonyl (C=O) groups is 2. The number of hydrogen-bond acceptors (Lipinski definition) is 3. The van der Waals surface area contributed by atoms with Gasteiger partial charge in [0.1, 0.15) is 0 Å². The highest BCUT2D eigenvalue weighted by Crippen LogP contribution is 2.28. The minimum atomic E-state index is 0. The molecular formula is C22H32ClN3O2. The number of hydrogen-bond donors (Lipinski definition) is 2. The van der Waals surface area contributed by atoms with E-state index in [1.807, 2.05) is 29.2 Å². The third kappa shape index (κ3) is 4.87. The molecule has 3 fully saturated rings. The lowest BCUT2D eigenvalue weighted by Gasteiger charge is -2.21. The van der Waals surface area contributed by atoms with Crippen LogP contribution in [0.25, 0.3) is 0 Å². The number of carbonyl (C=O) groups excluding carboxylic acids is 2. The van der Waals surface area contributed by atoms with E-state index in [-0.39, 0.29) is 30.1 Å². The van der Waals surface area contributed by atoms with Crippen molar-refractivity contribution in [1.29, 1.82) is 0 Å². The second kappa shape index (κ2) is 9.75. The van der Waals surface area contributed by atoms with Gasteiger partial charge >= 0.3 is 0 Å². The Bertz CT molecular complexity index is 659. The van der Waals surface area contributed by atoms with Gasteiger partial charge in [-0.05, 0) is 68.3 Å². The number of rotatable bonds is 4. The van der Waals surface area contributed by atoms with Crippen molar-refractivity contribution in [2.75, 3.05) is 26.2 Å². The van der Waals surface area contributed by atoms with E-state index in [9.17, 15) is 9.59 Å². The summed E-state index contributed by atoms with van der Waals surface area (Å²) in [5.41, 5.74) is 1.81. The Balaban J connectivity index is 0.00000225. The summed E-state index contributed by atoms with van der Waals surface area (Å²) < 4.78 is 0. The fraction of sp³-hybridized carbons (Fsp3) is 0.636. The molecule has 0 aromatic heterocycles. The summed E-state index contributed by atoms with van der Waals surface area (Å²) in [4.78, 5) is 27.0. The summed E-state index contributed by atoms with van der Waals surface area (Å²) in [5.74, 6) is 1.98. The van der Waals surface area contributed by atoms with E-state index in [0.29, 0.717) is 6.54 Å². The maximum Gasteiger partial charge on any atom is 0.253 e. The highest BCUT2D eigenvalue weighted by molar-refractivity contribution is 5.94. The Labute approximate surface area is 174 Å². The molecule has 2 heterocycles. The molecule has 2 aliphatic heterocycles. The molecule has 2 atom stereocenters. The summed E-state index contributed by atoms with van der Waals surface area (Å²) >= 11 is 0. The van der Waals surface area contributed by atoms with Crippen molar-refractivity contribution in [3.05, 3.63) is 35.4 Å². The Morgan fingerprint density at radius 1 is 0.964 bits per heavy atom. The zero-order chi connectivity index (χ0) is 18.6. The minimum absolute atomic E-state index is 0. The van der Waals surface area contributed by atoms with Gasteiger partial charge in [-0.15, -0.1) is 12.4 Å². The smallest absolute Gasteiger partial charge is 0.253 e. The normalized spacial score (nSPS) is 24.9. The molecule has 6 heteroatoms. The van der Waals surface area contributed by atoms with Crippen molar-refractivity contribution in [1.82, 2.24) is 15.5 Å². The Morgan fingerprint density at radius 2 is 1.57 bits per heavy atom. The molecule has 0 bridgehead atoms. The molecule has 1 aromatic carbocycles. The number of halogens is 1. The van der Waals surface area contributed by atoms with Gasteiger partial charge in [-0.2, -0.15) is 0 Å². The van der Waals surface area contributed by atoms with Crippen molar-refractivity contribution in [3.8, 4) is 0 Å². The zero-order valence-corrected chi connectivity index (χ0v) is 17.3. The first-order chi connectivity index (χ1) is 13.2. The predicted molar refractivity (Wildman–Crippen MR) is 112 cm³/mol. The first kappa shape index (κ1) is 21.1. The van der Waals surface area contributed by atoms with E-state index in [2.05, 4.69) is 10.6 Å². The van der Waals surface area contributed by atoms with Crippen molar-refractivity contribution in [3.63, 3.8) is 0 Å². The molecular weight excluding hydrogens is 374 g/mol. The molecule has 28 heavy (non-hydrogen) atoms. The first-order valence-electron chi connectivity index (χ1n) is 10.6. The highest BCUT2D eigenvalue weighted by atomic mass is 35.5. The largest absolute Gasteiger partial charge is 0.352 e. The van der Waals surface area contributed by atoms with Crippen molar-refractivity contribution in [2.45, 2.75) is 45.1 Å². The number of nitrogens with zero attached hydrogens (tertiary/aromatic N) is 1. The Hall–Kier alpha value is -1.59. The van der Waals surface area contributed by atoms with Crippen LogP contribution in [-0.4, -0.2) is 42.9 Å². The second-order valence-corrected chi connectivity index (χ2v) is 8.44. The molecule has 2 N–H and O–H groups in total. The molecule has 1 aromatic rings. The van der Waals surface area contributed by atoms with E-state index >= 15 is 0 Å². The molecule has 1 saturated carbocycles. The van der Waals surface area contributed by atoms with Crippen molar-refractivity contribution < 1.29 is 9.59 Å². The number of likely N-dealkylation sites (tertiary alicyclic amines) is 1. The summed E-state index contributed by atoms with van der Waals surface area (Å²) in [6.07, 6.45) is 6.59. The standard InChI is InChI=1S/C22H31N3O2.ClH/c26-21(17-3-1-2-4-17)24-13-16-5-7-18(8-6-16)22(27)25-11-9-19-14-23-15-20(19)10-12-25;/h5-8,17,19-20,23H,1-4,9-15H2,(H,24,26);1H/t19-,20+;. The summed E-state index contributed by atoms with van der Waals surface area (Å²) in [6.45, 7) is 4.48. The number of nitrogens with one attached hydrogen (secondary N) is 2. The number of fused-ring (bicyclic) bond motifs is 1. The van der Waals surface area contributed by atoms with Crippen molar-refractivity contribution >= 4 is 24.2 Å². The SMILES string of the molecule is Cl.O=C(NCc1ccc(C(=O)N2CC[C@@H]3CNC[C@@H]3CC2)cc1)C1CCCC1. The fourth-order valence-corrected chi connectivity index (χ4v) is 4.89. The molecule has 2 amide bonds. The van der Waals surface area contributed by atoms with Gasteiger partial charge in [-0.25, -0.2) is 0 Å². The predicted octanol–water partition coefficient (Wildman–Crippen LogP) is 2.99. The quantitative estimate of drug-likeness (QED) is 0.809. The van der Waals surface area contributed by atoms with Gasteiger partial charge < -0.3 is 15.5 Å². The van der Waals surface area contributed by atoms with Crippen LogP contribution in [0.1, 0.15) is 54.4 Å². The van der Waals surface area contributed by atoms with Gasteiger partial charge in [-0.1, -0.05) is 25.0 Å². The van der Waals surface area contributed by atoms with Crippen LogP contribution >= 0.6 is 12.4 Å². The van der Waals surface area contributed by atoms with E-state index in [1.54, 1.807) is 0 Å². The molecule has 0 unspecified atom stereocenters. The monoisotopic (exact) mass is 405 g/mol. The minimum Gasteiger partial charge on any atom is -0.352 e. The van der Waals surface area contributed by atoms with Gasteiger partial charge in [0.2, 0.25) is 5.91 Å². The third-order valence-corrected chi connectivity index (χ3v) is 6.70. The van der Waals surface area contributed by atoms with Crippen LogP contribution in [0.3, 0.4) is 0 Å². The topological polar surface area (TPSA) is 61.4 Å². The van der Waals surface area contributed by atoms with Crippen molar-refractivity contribution in [2.24, 2.45) is 17.8 Å². The van der Waals surface area contributed by atoms with E-state index < -0.39 is 0 Å². The zero-order valence-electron chi connectivity index (χ0n) is 16.5. The van der Waals surface area contributed by atoms with Crippen LogP contribution in [0.15, 0.2) is 24.3 Å². The lowest BCUT2D eigenvalue weighted by atomic mass is 9.92. The van der Waals surface area contributed by atoms with E-state index in [1.165, 1.54) is 12.8 Å². The van der Waals surface area contributed by atoms with Crippen LogP contribution in [-0.2, 0) is 11.3 Å². The summed E-state index contributed by atoms with van der Waals surface area (Å²) in [5, 5.41) is 6.52. The summed E-state index contributed by atoms with van der Waals surface area (Å²) in [6, 6.07) is 7.76.